The van der Waals surface area contributed by atoms with E-state index in [4.69, 9.17) is 9.47 Å². The highest BCUT2D eigenvalue weighted by atomic mass is 16.5. The van der Waals surface area contributed by atoms with E-state index in [0.717, 1.165) is 18.4 Å². The Morgan fingerprint density at radius 3 is 1.69 bits per heavy atom. The number of esters is 2. The Kier molecular flexibility index (Phi) is 7.63. The summed E-state index contributed by atoms with van der Waals surface area (Å²) < 4.78 is 11.3. The van der Waals surface area contributed by atoms with Crippen molar-refractivity contribution >= 4 is 46.2 Å². The van der Waals surface area contributed by atoms with Gasteiger partial charge in [-0.2, -0.15) is 0 Å². The molecule has 2 aromatic rings. The van der Waals surface area contributed by atoms with E-state index in [1.165, 1.54) is 0 Å². The molecule has 0 spiro atoms. The number of aryl methyl sites for hydroxylation is 1. The molecule has 0 atom stereocenters. The number of rotatable bonds is 9. The Bertz CT molecular complexity index is 1510. The maximum Gasteiger partial charge on any atom is 0.311 e. The summed E-state index contributed by atoms with van der Waals surface area (Å²) >= 11 is 0. The molecule has 0 amide bonds. The van der Waals surface area contributed by atoms with Crippen molar-refractivity contribution in [1.82, 2.24) is 0 Å². The first-order valence-electron chi connectivity index (χ1n) is 12.6. The fourth-order valence-electron chi connectivity index (χ4n) is 4.50. The van der Waals surface area contributed by atoms with Crippen LogP contribution in [0.25, 0.3) is 22.7 Å². The van der Waals surface area contributed by atoms with Gasteiger partial charge in [0.25, 0.3) is 0 Å². The van der Waals surface area contributed by atoms with Gasteiger partial charge in [0.2, 0.25) is 11.6 Å². The van der Waals surface area contributed by atoms with Crippen LogP contribution in [0.2, 0.25) is 0 Å². The molecule has 0 aliphatic heterocycles. The van der Waals surface area contributed by atoms with Crippen molar-refractivity contribution in [2.24, 2.45) is 0 Å². The van der Waals surface area contributed by atoms with Crippen molar-refractivity contribution in [3.8, 4) is 0 Å². The summed E-state index contributed by atoms with van der Waals surface area (Å²) in [4.78, 5) is 52.8. The first-order chi connectivity index (χ1) is 17.4. The number of carbonyl (C=O) groups is 4. The van der Waals surface area contributed by atoms with E-state index in [9.17, 15) is 19.2 Å². The maximum atomic E-state index is 13.9. The van der Waals surface area contributed by atoms with Crippen LogP contribution in [-0.4, -0.2) is 23.5 Å². The summed E-state index contributed by atoms with van der Waals surface area (Å²) in [5, 5.41) is 1.75. The summed E-state index contributed by atoms with van der Waals surface area (Å²) in [5.41, 5.74) is 1.27. The lowest BCUT2D eigenvalue weighted by Gasteiger charge is -2.22. The molecule has 6 heteroatoms. The van der Waals surface area contributed by atoms with E-state index in [0.29, 0.717) is 40.1 Å². The predicted octanol–water partition coefficient (Wildman–Crippen LogP) is 2.10. The second-order valence-electron chi connectivity index (χ2n) is 9.00. The van der Waals surface area contributed by atoms with Crippen LogP contribution in [0.1, 0.15) is 64.9 Å². The van der Waals surface area contributed by atoms with Gasteiger partial charge in [-0.05, 0) is 41.3 Å². The van der Waals surface area contributed by atoms with Gasteiger partial charge in [0.05, 0.1) is 0 Å². The van der Waals surface area contributed by atoms with Crippen LogP contribution in [0.3, 0.4) is 0 Å². The highest BCUT2D eigenvalue weighted by Gasteiger charge is 2.37. The van der Waals surface area contributed by atoms with Crippen molar-refractivity contribution < 1.29 is 28.7 Å². The van der Waals surface area contributed by atoms with Crippen LogP contribution in [0.15, 0.2) is 42.5 Å². The Balaban J connectivity index is 2.01. The minimum absolute atomic E-state index is 0.0638. The second kappa shape index (κ2) is 10.9. The SMILES string of the molecule is CCCCC(=O)OC1=c2ccccc2=C2C(=O)C(OC(=O)CCCC)=c3cc(CC)ccc3=C2C1=O. The van der Waals surface area contributed by atoms with Crippen LogP contribution >= 0.6 is 0 Å². The molecular weight excluding hydrogens is 456 g/mol. The number of unbranched alkanes of at least 4 members (excludes halogenated alkanes) is 2. The van der Waals surface area contributed by atoms with Crippen molar-refractivity contribution in [2.45, 2.75) is 65.7 Å². The number of carbonyl (C=O) groups excluding carboxylic acids is 4. The lowest BCUT2D eigenvalue weighted by molar-refractivity contribution is -0.139. The van der Waals surface area contributed by atoms with Crippen LogP contribution in [0.5, 0.6) is 0 Å². The number of ketones is 2. The lowest BCUT2D eigenvalue weighted by Crippen LogP contribution is -2.48. The van der Waals surface area contributed by atoms with Crippen molar-refractivity contribution in [1.29, 1.82) is 0 Å². The highest BCUT2D eigenvalue weighted by molar-refractivity contribution is 6.58. The lowest BCUT2D eigenvalue weighted by atomic mass is 9.83. The maximum absolute atomic E-state index is 13.9. The molecule has 0 saturated heterocycles. The van der Waals surface area contributed by atoms with E-state index in [1.54, 1.807) is 36.4 Å². The molecule has 186 valence electrons. The van der Waals surface area contributed by atoms with E-state index in [2.05, 4.69) is 0 Å². The number of hydrogen-bond acceptors (Lipinski definition) is 6. The zero-order chi connectivity index (χ0) is 25.8. The molecule has 0 saturated carbocycles. The molecule has 4 rings (SSSR count). The van der Waals surface area contributed by atoms with Crippen LogP contribution in [-0.2, 0) is 35.1 Å². The van der Waals surface area contributed by atoms with Gasteiger partial charge in [0.15, 0.2) is 11.5 Å². The molecule has 0 unspecified atom stereocenters. The van der Waals surface area contributed by atoms with Gasteiger partial charge in [0.1, 0.15) is 0 Å². The Labute approximate surface area is 209 Å². The zero-order valence-electron chi connectivity index (χ0n) is 20.9. The van der Waals surface area contributed by atoms with E-state index >= 15 is 0 Å². The molecule has 6 nitrogen and oxygen atoms in total. The Hall–Kier alpha value is -3.80. The number of fused-ring (bicyclic) bond motifs is 3. The van der Waals surface area contributed by atoms with Crippen LogP contribution in [0, 0.1) is 0 Å². The predicted molar refractivity (Wildman–Crippen MR) is 136 cm³/mol. The van der Waals surface area contributed by atoms with Gasteiger partial charge in [-0.25, -0.2) is 0 Å². The monoisotopic (exact) mass is 486 g/mol. The number of hydrogen-bond donors (Lipinski definition) is 0. The first kappa shape index (κ1) is 25.3. The van der Waals surface area contributed by atoms with Gasteiger partial charge >= 0.3 is 11.9 Å². The average molecular weight is 487 g/mol. The molecule has 0 bridgehead atoms. The highest BCUT2D eigenvalue weighted by Crippen LogP contribution is 2.26. The minimum Gasteiger partial charge on any atom is -0.422 e. The number of benzene rings is 2. The summed E-state index contributed by atoms with van der Waals surface area (Å²) in [6, 6.07) is 12.3. The van der Waals surface area contributed by atoms with Gasteiger partial charge in [0, 0.05) is 34.4 Å². The summed E-state index contributed by atoms with van der Waals surface area (Å²) in [6.07, 6.45) is 4.04. The molecular formula is C30H30O6. The fraction of sp³-hybridized carbons (Fsp3) is 0.333. The molecule has 2 aliphatic carbocycles. The number of ether oxygens (including phenoxy) is 2. The zero-order valence-corrected chi connectivity index (χ0v) is 20.9. The Morgan fingerprint density at radius 2 is 1.17 bits per heavy atom. The molecule has 0 N–H and O–H groups in total. The van der Waals surface area contributed by atoms with Gasteiger partial charge in [-0.3, -0.25) is 19.2 Å². The van der Waals surface area contributed by atoms with Crippen LogP contribution in [0.4, 0.5) is 0 Å². The third-order valence-electron chi connectivity index (χ3n) is 6.46. The van der Waals surface area contributed by atoms with Crippen molar-refractivity contribution in [3.63, 3.8) is 0 Å². The van der Waals surface area contributed by atoms with Crippen molar-refractivity contribution in [2.75, 3.05) is 0 Å². The van der Waals surface area contributed by atoms with Gasteiger partial charge in [-0.1, -0.05) is 70.0 Å². The standard InChI is InChI=1S/C30H30O6/c1-4-7-13-23(31)35-29-21-12-10-9-11-19(21)25-26(27(29)33)20-16-15-18(6-3)17-22(20)30(28(25)34)36-24(32)14-8-5-2/h9-12,15-17H,4-8,13-14H2,1-3H3. The van der Waals surface area contributed by atoms with E-state index in [-0.39, 0.29) is 35.5 Å². The molecule has 0 fully saturated rings. The molecule has 0 radical (unpaired) electrons. The van der Waals surface area contributed by atoms with E-state index in [1.807, 2.05) is 26.8 Å². The molecule has 2 aliphatic rings. The summed E-state index contributed by atoms with van der Waals surface area (Å²) in [5.74, 6) is -2.15. The molecule has 36 heavy (non-hydrogen) atoms. The second-order valence-corrected chi connectivity index (χ2v) is 9.00. The third kappa shape index (κ3) is 4.68. The third-order valence-corrected chi connectivity index (χ3v) is 6.46. The molecule has 0 aromatic heterocycles. The summed E-state index contributed by atoms with van der Waals surface area (Å²) in [6.45, 7) is 5.92. The topological polar surface area (TPSA) is 86.7 Å². The van der Waals surface area contributed by atoms with Gasteiger partial charge in [-0.15, -0.1) is 0 Å². The fourth-order valence-corrected chi connectivity index (χ4v) is 4.50. The van der Waals surface area contributed by atoms with Gasteiger partial charge < -0.3 is 9.47 Å². The Morgan fingerprint density at radius 1 is 0.667 bits per heavy atom. The van der Waals surface area contributed by atoms with Crippen molar-refractivity contribution in [3.05, 3.63) is 68.9 Å². The minimum atomic E-state index is -0.524. The summed E-state index contributed by atoms with van der Waals surface area (Å²) in [7, 11) is 0. The molecule has 0 heterocycles. The van der Waals surface area contributed by atoms with E-state index < -0.39 is 23.5 Å². The van der Waals surface area contributed by atoms with Crippen LogP contribution < -0.4 is 20.9 Å². The average Bonchev–Trinajstić information content (AvgIpc) is 2.89. The molecule has 2 aromatic carbocycles. The normalized spacial score (nSPS) is 14.3. The first-order valence-corrected chi connectivity index (χ1v) is 12.6. The largest absolute Gasteiger partial charge is 0.422 e. The quantitative estimate of drug-likeness (QED) is 0.505. The number of Topliss-reactive ketones (excluding diaryl/α,β-unsaturated/α-hetero) is 2. The smallest absolute Gasteiger partial charge is 0.311 e.